The van der Waals surface area contributed by atoms with E-state index in [2.05, 4.69) is 25.8 Å². The molecule has 1 aromatic heterocycles. The van der Waals surface area contributed by atoms with Gasteiger partial charge in [-0.15, -0.1) is 23.5 Å². The van der Waals surface area contributed by atoms with E-state index in [0.29, 0.717) is 0 Å². The van der Waals surface area contributed by atoms with Crippen LogP contribution >= 0.6 is 35.3 Å². The number of aromatic nitrogens is 2. The van der Waals surface area contributed by atoms with Crippen molar-refractivity contribution in [3.05, 3.63) is 44.6 Å². The number of thioether (sulfide) groups is 3. The molecule has 0 fully saturated rings. The van der Waals surface area contributed by atoms with Crippen molar-refractivity contribution in [2.24, 2.45) is 0 Å². The second kappa shape index (κ2) is 16.4. The van der Waals surface area contributed by atoms with Gasteiger partial charge in [-0.2, -0.15) is 0 Å². The van der Waals surface area contributed by atoms with Crippen LogP contribution in [0.1, 0.15) is 40.0 Å². The van der Waals surface area contributed by atoms with Gasteiger partial charge in [-0.1, -0.05) is 31.5 Å². The van der Waals surface area contributed by atoms with E-state index < -0.39 is 0 Å². The van der Waals surface area contributed by atoms with E-state index in [1.807, 2.05) is 20.8 Å². The van der Waals surface area contributed by atoms with Gasteiger partial charge in [0.2, 0.25) is 0 Å². The number of rotatable bonds is 18. The predicted octanol–water partition coefficient (Wildman–Crippen LogP) is 6.57. The van der Waals surface area contributed by atoms with E-state index in [4.69, 9.17) is 24.2 Å². The topological polar surface area (TPSA) is 53.5 Å². The van der Waals surface area contributed by atoms with Crippen LogP contribution in [-0.4, -0.2) is 45.5 Å². The minimum atomic E-state index is 0.138. The van der Waals surface area contributed by atoms with Crippen molar-refractivity contribution in [3.63, 3.8) is 0 Å². The second-order valence-corrected chi connectivity index (χ2v) is 9.87. The highest BCUT2D eigenvalue weighted by Crippen LogP contribution is 2.28. The van der Waals surface area contributed by atoms with Gasteiger partial charge in [0.25, 0.3) is 0 Å². The molecular weight excluding hydrogens is 436 g/mol. The molecule has 5 nitrogen and oxygen atoms in total. The summed E-state index contributed by atoms with van der Waals surface area (Å²) in [5, 5.41) is 2.79. The molecule has 0 amide bonds. The van der Waals surface area contributed by atoms with Crippen LogP contribution in [0.2, 0.25) is 0 Å². The molecule has 0 radical (unpaired) electrons. The molecule has 1 aromatic rings. The van der Waals surface area contributed by atoms with Crippen molar-refractivity contribution in [2.75, 3.05) is 17.3 Å². The average molecular weight is 471 g/mol. The van der Waals surface area contributed by atoms with Gasteiger partial charge in [0, 0.05) is 23.3 Å². The van der Waals surface area contributed by atoms with Gasteiger partial charge in [0.1, 0.15) is 10.1 Å². The summed E-state index contributed by atoms with van der Waals surface area (Å²) in [6.07, 6.45) is 7.69. The maximum atomic E-state index is 5.39. The summed E-state index contributed by atoms with van der Waals surface area (Å²) in [5.41, 5.74) is 0. The Kier molecular flexibility index (Phi) is 14.7. The van der Waals surface area contributed by atoms with E-state index in [1.165, 1.54) is 18.8 Å². The molecule has 0 aliphatic carbocycles. The highest BCUT2D eigenvalue weighted by molar-refractivity contribution is 8.00. The van der Waals surface area contributed by atoms with E-state index in [0.717, 1.165) is 51.7 Å². The van der Waals surface area contributed by atoms with Gasteiger partial charge in [0.15, 0.2) is 5.16 Å². The molecule has 0 spiro atoms. The summed E-state index contributed by atoms with van der Waals surface area (Å²) in [6, 6.07) is 2.07. The van der Waals surface area contributed by atoms with Crippen molar-refractivity contribution in [2.45, 2.75) is 73.6 Å². The molecule has 1 heterocycles. The van der Waals surface area contributed by atoms with E-state index >= 15 is 0 Å². The molecule has 0 saturated carbocycles. The lowest BCUT2D eigenvalue weighted by Gasteiger charge is -2.13. The van der Waals surface area contributed by atoms with E-state index in [1.54, 1.807) is 35.3 Å². The zero-order valence-corrected chi connectivity index (χ0v) is 20.7. The van der Waals surface area contributed by atoms with Crippen LogP contribution in [0.5, 0.6) is 0 Å². The fourth-order valence-corrected chi connectivity index (χ4v) is 5.43. The molecular formula is C22H34N2O3S3. The third-order valence-electron chi connectivity index (χ3n) is 3.95. The molecule has 0 bridgehead atoms. The minimum absolute atomic E-state index is 0.138. The first-order chi connectivity index (χ1) is 14.5. The summed E-state index contributed by atoms with van der Waals surface area (Å²) in [6.45, 7) is 17.0. The average Bonchev–Trinajstić information content (AvgIpc) is 2.68. The Morgan fingerprint density at radius 2 is 1.10 bits per heavy atom. The summed E-state index contributed by atoms with van der Waals surface area (Å²) >= 11 is 5.12. The van der Waals surface area contributed by atoms with Crippen molar-refractivity contribution in [1.82, 2.24) is 9.97 Å². The zero-order valence-electron chi connectivity index (χ0n) is 18.2. The Bertz CT molecular complexity index is 548. The molecule has 168 valence electrons. The lowest BCUT2D eigenvalue weighted by molar-refractivity contribution is 0.160. The summed E-state index contributed by atoms with van der Waals surface area (Å²) in [7, 11) is 0. The maximum Gasteiger partial charge on any atom is 0.189 e. The maximum absolute atomic E-state index is 5.39. The van der Waals surface area contributed by atoms with Crippen molar-refractivity contribution >= 4 is 35.3 Å². The highest BCUT2D eigenvalue weighted by Gasteiger charge is 2.10. The normalized spacial score (nSPS) is 13.7. The van der Waals surface area contributed by atoms with Crippen LogP contribution in [0.15, 0.2) is 59.8 Å². The Morgan fingerprint density at radius 3 is 1.47 bits per heavy atom. The lowest BCUT2D eigenvalue weighted by atomic mass is 10.3. The van der Waals surface area contributed by atoms with Crippen LogP contribution in [0, 0.1) is 0 Å². The summed E-state index contributed by atoms with van der Waals surface area (Å²) < 4.78 is 16.2. The van der Waals surface area contributed by atoms with Crippen LogP contribution in [0.3, 0.4) is 0 Å². The molecule has 0 aromatic carbocycles. The van der Waals surface area contributed by atoms with Gasteiger partial charge < -0.3 is 14.2 Å². The minimum Gasteiger partial charge on any atom is -0.499 e. The molecule has 8 heteroatoms. The van der Waals surface area contributed by atoms with Gasteiger partial charge in [0.05, 0.1) is 37.1 Å². The Hall–Kier alpha value is -1.25. The summed E-state index contributed by atoms with van der Waals surface area (Å²) in [5.74, 6) is 2.74. The number of hydrogen-bond donors (Lipinski definition) is 0. The smallest absolute Gasteiger partial charge is 0.189 e. The first-order valence-electron chi connectivity index (χ1n) is 10.0. The van der Waals surface area contributed by atoms with Gasteiger partial charge in [-0.05, 0) is 40.0 Å². The molecule has 30 heavy (non-hydrogen) atoms. The molecule has 0 aliphatic heterocycles. The lowest BCUT2D eigenvalue weighted by Crippen LogP contribution is -2.06. The van der Waals surface area contributed by atoms with Crippen molar-refractivity contribution in [3.8, 4) is 0 Å². The highest BCUT2D eigenvalue weighted by atomic mass is 32.2. The molecule has 0 aliphatic rings. The van der Waals surface area contributed by atoms with Gasteiger partial charge >= 0.3 is 0 Å². The molecule has 3 unspecified atom stereocenters. The molecule has 0 saturated heterocycles. The molecule has 1 rings (SSSR count). The standard InChI is InChI=1S/C22H34N2O3S3/c1-7-25-17(4)10-13-28-20-16-21(29-14-11-18(5)26-8-2)24-22(23-20)30-15-12-19(6)27-9-3/h7-9,16-19H,1-3,10-15H2,4-6H3. The first-order valence-corrected chi connectivity index (χ1v) is 13.0. The number of hydrogen-bond acceptors (Lipinski definition) is 8. The first kappa shape index (κ1) is 26.8. The molecule has 3 atom stereocenters. The van der Waals surface area contributed by atoms with Gasteiger partial charge in [-0.3, -0.25) is 0 Å². The van der Waals surface area contributed by atoms with Crippen LogP contribution in [0.4, 0.5) is 0 Å². The predicted molar refractivity (Wildman–Crippen MR) is 130 cm³/mol. The van der Waals surface area contributed by atoms with Crippen molar-refractivity contribution in [1.29, 1.82) is 0 Å². The van der Waals surface area contributed by atoms with Gasteiger partial charge in [-0.25, -0.2) is 9.97 Å². The van der Waals surface area contributed by atoms with Crippen LogP contribution in [-0.2, 0) is 14.2 Å². The Morgan fingerprint density at radius 1 is 0.733 bits per heavy atom. The largest absolute Gasteiger partial charge is 0.499 e. The van der Waals surface area contributed by atoms with Crippen LogP contribution in [0.25, 0.3) is 0 Å². The van der Waals surface area contributed by atoms with Crippen LogP contribution < -0.4 is 0 Å². The van der Waals surface area contributed by atoms with E-state index in [-0.39, 0.29) is 18.3 Å². The second-order valence-electron chi connectivity index (χ2n) is 6.58. The third-order valence-corrected chi connectivity index (χ3v) is 6.72. The fraction of sp³-hybridized carbons (Fsp3) is 0.545. The van der Waals surface area contributed by atoms with Crippen molar-refractivity contribution < 1.29 is 14.2 Å². The number of ether oxygens (including phenoxy) is 3. The fourth-order valence-electron chi connectivity index (χ4n) is 2.27. The SMILES string of the molecule is C=COC(C)CCSc1cc(SCCC(C)OC=C)nc(SCCC(C)OC=C)n1. The third kappa shape index (κ3) is 12.4. The zero-order chi connectivity index (χ0) is 22.2. The molecule has 0 N–H and O–H groups in total. The monoisotopic (exact) mass is 470 g/mol. The van der Waals surface area contributed by atoms with E-state index in [9.17, 15) is 0 Å². The summed E-state index contributed by atoms with van der Waals surface area (Å²) in [4.78, 5) is 9.47. The number of nitrogens with zero attached hydrogens (tertiary/aromatic N) is 2. The Labute approximate surface area is 194 Å². The quantitative estimate of drug-likeness (QED) is 0.103. The Balaban J connectivity index is 2.69.